The molecule has 16 heavy (non-hydrogen) atoms. The largest absolute Gasteiger partial charge is 0.299 e. The first kappa shape index (κ1) is 12.7. The van der Waals surface area contributed by atoms with Gasteiger partial charge in [-0.05, 0) is 49.7 Å². The summed E-state index contributed by atoms with van der Waals surface area (Å²) in [6, 6.07) is 5.67. The highest BCUT2D eigenvalue weighted by atomic mass is 79.9. The summed E-state index contributed by atoms with van der Waals surface area (Å²) in [6.07, 6.45) is 2.41. The van der Waals surface area contributed by atoms with Crippen molar-refractivity contribution < 1.29 is 0 Å². The monoisotopic (exact) mass is 321 g/mol. The molecule has 0 amide bonds. The minimum Gasteiger partial charge on any atom is -0.299 e. The number of halogens is 3. The topological polar surface area (TPSA) is 3.24 Å². The maximum atomic E-state index is 6.15. The second kappa shape index (κ2) is 5.72. The summed E-state index contributed by atoms with van der Waals surface area (Å²) in [5, 5.41) is 1.57. The maximum Gasteiger partial charge on any atom is 0.0452 e. The van der Waals surface area contributed by atoms with Crippen LogP contribution in [0.15, 0.2) is 18.2 Å². The molecule has 1 aliphatic rings. The van der Waals surface area contributed by atoms with Gasteiger partial charge < -0.3 is 0 Å². The Bertz CT molecular complexity index is 362. The van der Waals surface area contributed by atoms with Gasteiger partial charge in [-0.15, -0.1) is 0 Å². The van der Waals surface area contributed by atoms with E-state index in [0.717, 1.165) is 35.2 Å². The Labute approximate surface area is 115 Å². The first-order chi connectivity index (χ1) is 7.65. The zero-order valence-electron chi connectivity index (χ0n) is 8.93. The van der Waals surface area contributed by atoms with Gasteiger partial charge in [0.15, 0.2) is 0 Å². The lowest BCUT2D eigenvalue weighted by Crippen LogP contribution is -2.33. The molecular formula is C12H14BrCl2N. The molecule has 2 rings (SSSR count). The van der Waals surface area contributed by atoms with Gasteiger partial charge in [0.05, 0.1) is 0 Å². The normalized spacial score (nSPS) is 18.9. The zero-order valence-corrected chi connectivity index (χ0v) is 12.0. The van der Waals surface area contributed by atoms with Gasteiger partial charge in [0.1, 0.15) is 0 Å². The fraction of sp³-hybridized carbons (Fsp3) is 0.500. The van der Waals surface area contributed by atoms with Crippen LogP contribution in [0.2, 0.25) is 10.0 Å². The van der Waals surface area contributed by atoms with Crippen LogP contribution in [0.1, 0.15) is 18.4 Å². The van der Waals surface area contributed by atoms with E-state index in [1.54, 1.807) is 0 Å². The molecular weight excluding hydrogens is 309 g/mol. The molecule has 0 bridgehead atoms. The quantitative estimate of drug-likeness (QED) is 0.731. The summed E-state index contributed by atoms with van der Waals surface area (Å²) in [5.74, 6) is 0. The number of nitrogens with zero attached hydrogens (tertiary/aromatic N) is 1. The van der Waals surface area contributed by atoms with Crippen molar-refractivity contribution in [2.24, 2.45) is 0 Å². The predicted octanol–water partition coefficient (Wildman–Crippen LogP) is 4.35. The molecule has 0 aromatic heterocycles. The van der Waals surface area contributed by atoms with E-state index in [0.29, 0.717) is 4.83 Å². The zero-order chi connectivity index (χ0) is 11.5. The molecule has 1 heterocycles. The van der Waals surface area contributed by atoms with Gasteiger partial charge >= 0.3 is 0 Å². The van der Waals surface area contributed by atoms with Crippen molar-refractivity contribution in [1.82, 2.24) is 4.90 Å². The predicted molar refractivity (Wildman–Crippen MR) is 73.7 cm³/mol. The first-order valence-electron chi connectivity index (χ1n) is 5.45. The highest BCUT2D eigenvalue weighted by Crippen LogP contribution is 2.24. The van der Waals surface area contributed by atoms with Crippen LogP contribution in [-0.2, 0) is 6.54 Å². The van der Waals surface area contributed by atoms with Crippen LogP contribution >= 0.6 is 39.1 Å². The van der Waals surface area contributed by atoms with Crippen molar-refractivity contribution in [2.75, 3.05) is 13.1 Å². The Hall–Kier alpha value is 0.240. The molecule has 1 saturated heterocycles. The Morgan fingerprint density at radius 1 is 1.25 bits per heavy atom. The van der Waals surface area contributed by atoms with Gasteiger partial charge in [-0.2, -0.15) is 0 Å². The number of likely N-dealkylation sites (tertiary alicyclic amines) is 1. The minimum atomic E-state index is 0.679. The third kappa shape index (κ3) is 3.36. The molecule has 4 heteroatoms. The molecule has 1 aliphatic heterocycles. The molecule has 0 radical (unpaired) electrons. The molecule has 0 saturated carbocycles. The van der Waals surface area contributed by atoms with E-state index < -0.39 is 0 Å². The van der Waals surface area contributed by atoms with E-state index in [-0.39, 0.29) is 0 Å². The number of piperidine rings is 1. The number of rotatable bonds is 2. The smallest absolute Gasteiger partial charge is 0.0452 e. The lowest BCUT2D eigenvalue weighted by molar-refractivity contribution is 0.226. The lowest BCUT2D eigenvalue weighted by atomic mass is 10.1. The van der Waals surface area contributed by atoms with Crippen LogP contribution in [0.25, 0.3) is 0 Å². The van der Waals surface area contributed by atoms with Crippen LogP contribution in [0.3, 0.4) is 0 Å². The van der Waals surface area contributed by atoms with Crippen molar-refractivity contribution in [3.8, 4) is 0 Å². The van der Waals surface area contributed by atoms with Gasteiger partial charge in [0.25, 0.3) is 0 Å². The van der Waals surface area contributed by atoms with Crippen LogP contribution in [-0.4, -0.2) is 22.8 Å². The van der Waals surface area contributed by atoms with E-state index >= 15 is 0 Å². The summed E-state index contributed by atoms with van der Waals surface area (Å²) in [7, 11) is 0. The minimum absolute atomic E-state index is 0.679. The SMILES string of the molecule is Clc1ccc(Cl)c(CN2CCC(Br)CC2)c1. The first-order valence-corrected chi connectivity index (χ1v) is 7.12. The standard InChI is InChI=1S/C12H14BrCl2N/c13-10-3-5-16(6-4-10)8-9-7-11(14)1-2-12(9)15/h1-2,7,10H,3-6,8H2. The molecule has 0 spiro atoms. The fourth-order valence-electron chi connectivity index (χ4n) is 1.96. The van der Waals surface area contributed by atoms with Crippen molar-refractivity contribution in [2.45, 2.75) is 24.2 Å². The summed E-state index contributed by atoms with van der Waals surface area (Å²) >= 11 is 15.8. The van der Waals surface area contributed by atoms with E-state index in [1.807, 2.05) is 18.2 Å². The second-order valence-corrected chi connectivity index (χ2v) is 6.33. The molecule has 0 unspecified atom stereocenters. The molecule has 88 valence electrons. The van der Waals surface area contributed by atoms with Crippen molar-refractivity contribution in [3.05, 3.63) is 33.8 Å². The van der Waals surface area contributed by atoms with Gasteiger partial charge in [0, 0.05) is 21.4 Å². The fourth-order valence-corrected chi connectivity index (χ4v) is 2.75. The van der Waals surface area contributed by atoms with E-state index in [9.17, 15) is 0 Å². The molecule has 0 atom stereocenters. The highest BCUT2D eigenvalue weighted by Gasteiger charge is 2.17. The Morgan fingerprint density at radius 3 is 2.62 bits per heavy atom. The van der Waals surface area contributed by atoms with Gasteiger partial charge in [-0.1, -0.05) is 39.1 Å². The Balaban J connectivity index is 2.00. The van der Waals surface area contributed by atoms with Crippen LogP contribution in [0, 0.1) is 0 Å². The number of hydrogen-bond acceptors (Lipinski definition) is 1. The van der Waals surface area contributed by atoms with Crippen molar-refractivity contribution in [3.63, 3.8) is 0 Å². The summed E-state index contributed by atoms with van der Waals surface area (Å²) in [5.41, 5.74) is 1.13. The Morgan fingerprint density at radius 2 is 1.94 bits per heavy atom. The van der Waals surface area contributed by atoms with Gasteiger partial charge in [-0.3, -0.25) is 4.90 Å². The number of alkyl halides is 1. The average Bonchev–Trinajstić information content (AvgIpc) is 2.27. The summed E-state index contributed by atoms with van der Waals surface area (Å²) in [6.45, 7) is 3.15. The van der Waals surface area contributed by atoms with Gasteiger partial charge in [-0.25, -0.2) is 0 Å². The molecule has 0 N–H and O–H groups in total. The van der Waals surface area contributed by atoms with E-state index in [4.69, 9.17) is 23.2 Å². The number of hydrogen-bond donors (Lipinski definition) is 0. The second-order valence-electron chi connectivity index (χ2n) is 4.19. The third-order valence-electron chi connectivity index (χ3n) is 2.92. The third-order valence-corrected chi connectivity index (χ3v) is 4.44. The van der Waals surface area contributed by atoms with Crippen LogP contribution < -0.4 is 0 Å². The van der Waals surface area contributed by atoms with Crippen LogP contribution in [0.4, 0.5) is 0 Å². The molecule has 1 aromatic carbocycles. The highest BCUT2D eigenvalue weighted by molar-refractivity contribution is 9.09. The summed E-state index contributed by atoms with van der Waals surface area (Å²) < 4.78 is 0. The molecule has 1 aromatic rings. The summed E-state index contributed by atoms with van der Waals surface area (Å²) in [4.78, 5) is 3.11. The van der Waals surface area contributed by atoms with E-state index in [1.165, 1.54) is 12.8 Å². The Kier molecular flexibility index (Phi) is 4.54. The maximum absolute atomic E-state index is 6.15. The molecule has 0 aliphatic carbocycles. The average molecular weight is 323 g/mol. The number of benzene rings is 1. The van der Waals surface area contributed by atoms with Gasteiger partial charge in [0.2, 0.25) is 0 Å². The molecule has 1 fully saturated rings. The van der Waals surface area contributed by atoms with E-state index in [2.05, 4.69) is 20.8 Å². The lowest BCUT2D eigenvalue weighted by Gasteiger charge is -2.29. The van der Waals surface area contributed by atoms with Crippen molar-refractivity contribution >= 4 is 39.1 Å². The molecule has 1 nitrogen and oxygen atoms in total. The van der Waals surface area contributed by atoms with Crippen molar-refractivity contribution in [1.29, 1.82) is 0 Å². The van der Waals surface area contributed by atoms with Crippen LogP contribution in [0.5, 0.6) is 0 Å².